The molecular formula is C9H13BrN2O2. The average Bonchev–Trinajstić information content (AvgIpc) is 2.19. The molecule has 0 amide bonds. The summed E-state index contributed by atoms with van der Waals surface area (Å²) in [5.41, 5.74) is 5.92. The van der Waals surface area contributed by atoms with Crippen molar-refractivity contribution in [3.63, 3.8) is 0 Å². The van der Waals surface area contributed by atoms with E-state index < -0.39 is 6.10 Å². The van der Waals surface area contributed by atoms with Crippen LogP contribution in [0.5, 0.6) is 5.75 Å². The molecule has 0 aliphatic rings. The summed E-state index contributed by atoms with van der Waals surface area (Å²) >= 11 is 3.28. The maximum Gasteiger partial charge on any atom is 0.136 e. The number of rotatable bonds is 4. The number of aromatic nitrogens is 1. The van der Waals surface area contributed by atoms with E-state index in [-0.39, 0.29) is 0 Å². The van der Waals surface area contributed by atoms with Crippen molar-refractivity contribution >= 4 is 15.9 Å². The Bertz CT molecular complexity index is 307. The standard InChI is InChI=1S/C9H13BrN2O2/c1-14-9-4-7(8(13)2-3-11)12-5-6(9)10/h4-5,8,13H,2-3,11H2,1H3. The van der Waals surface area contributed by atoms with Gasteiger partial charge in [-0.05, 0) is 28.9 Å². The van der Waals surface area contributed by atoms with Crippen LogP contribution in [-0.2, 0) is 0 Å². The summed E-state index contributed by atoms with van der Waals surface area (Å²) in [5, 5.41) is 9.62. The van der Waals surface area contributed by atoms with Crippen LogP contribution in [0.25, 0.3) is 0 Å². The van der Waals surface area contributed by atoms with Crippen molar-refractivity contribution in [3.8, 4) is 5.75 Å². The van der Waals surface area contributed by atoms with E-state index in [0.29, 0.717) is 24.4 Å². The van der Waals surface area contributed by atoms with Gasteiger partial charge in [0.05, 0.1) is 23.4 Å². The molecule has 1 unspecified atom stereocenters. The third-order valence-electron chi connectivity index (χ3n) is 1.84. The summed E-state index contributed by atoms with van der Waals surface area (Å²) in [5.74, 6) is 0.658. The van der Waals surface area contributed by atoms with Gasteiger partial charge in [-0.25, -0.2) is 0 Å². The molecule has 1 rings (SSSR count). The lowest BCUT2D eigenvalue weighted by molar-refractivity contribution is 0.165. The van der Waals surface area contributed by atoms with Crippen molar-refractivity contribution < 1.29 is 9.84 Å². The fourth-order valence-electron chi connectivity index (χ4n) is 1.08. The van der Waals surface area contributed by atoms with Gasteiger partial charge in [-0.3, -0.25) is 4.98 Å². The number of aliphatic hydroxyl groups is 1. The number of nitrogens with two attached hydrogens (primary N) is 1. The van der Waals surface area contributed by atoms with Gasteiger partial charge in [0.2, 0.25) is 0 Å². The molecule has 4 nitrogen and oxygen atoms in total. The second-order valence-corrected chi connectivity index (χ2v) is 3.69. The lowest BCUT2D eigenvalue weighted by Gasteiger charge is -2.10. The van der Waals surface area contributed by atoms with Gasteiger partial charge >= 0.3 is 0 Å². The SMILES string of the molecule is COc1cc(C(O)CCN)ncc1Br. The molecule has 0 aliphatic carbocycles. The summed E-state index contributed by atoms with van der Waals surface area (Å²) in [4.78, 5) is 4.07. The zero-order valence-corrected chi connectivity index (χ0v) is 9.49. The molecule has 1 aromatic rings. The molecule has 0 saturated heterocycles. The van der Waals surface area contributed by atoms with Crippen LogP contribution in [0.1, 0.15) is 18.2 Å². The first-order valence-corrected chi connectivity index (χ1v) is 5.06. The zero-order valence-electron chi connectivity index (χ0n) is 7.90. The number of nitrogens with zero attached hydrogens (tertiary/aromatic N) is 1. The first-order chi connectivity index (χ1) is 6.69. The summed E-state index contributed by atoms with van der Waals surface area (Å²) in [6.07, 6.45) is 1.48. The Morgan fingerprint density at radius 1 is 1.71 bits per heavy atom. The van der Waals surface area contributed by atoms with Gasteiger partial charge in [0.1, 0.15) is 5.75 Å². The second kappa shape index (κ2) is 5.29. The van der Waals surface area contributed by atoms with E-state index in [1.54, 1.807) is 19.4 Å². The molecule has 0 aromatic carbocycles. The molecule has 0 saturated carbocycles. The number of pyridine rings is 1. The maximum atomic E-state index is 9.62. The van der Waals surface area contributed by atoms with Crippen molar-refractivity contribution in [2.45, 2.75) is 12.5 Å². The van der Waals surface area contributed by atoms with Gasteiger partial charge in [0, 0.05) is 12.3 Å². The van der Waals surface area contributed by atoms with E-state index in [1.165, 1.54) is 0 Å². The largest absolute Gasteiger partial charge is 0.495 e. The topological polar surface area (TPSA) is 68.4 Å². The Kier molecular flexibility index (Phi) is 4.31. The van der Waals surface area contributed by atoms with Crippen LogP contribution in [-0.4, -0.2) is 23.7 Å². The van der Waals surface area contributed by atoms with Gasteiger partial charge in [-0.2, -0.15) is 0 Å². The highest BCUT2D eigenvalue weighted by atomic mass is 79.9. The number of ether oxygens (including phenoxy) is 1. The van der Waals surface area contributed by atoms with Crippen molar-refractivity contribution in [2.75, 3.05) is 13.7 Å². The van der Waals surface area contributed by atoms with Crippen molar-refractivity contribution in [1.29, 1.82) is 0 Å². The molecule has 14 heavy (non-hydrogen) atoms. The molecule has 0 aliphatic heterocycles. The highest BCUT2D eigenvalue weighted by molar-refractivity contribution is 9.10. The smallest absolute Gasteiger partial charge is 0.136 e. The number of hydrogen-bond donors (Lipinski definition) is 2. The molecule has 5 heteroatoms. The van der Waals surface area contributed by atoms with Crippen molar-refractivity contribution in [3.05, 3.63) is 22.4 Å². The van der Waals surface area contributed by atoms with E-state index in [4.69, 9.17) is 10.5 Å². The van der Waals surface area contributed by atoms with Crippen LogP contribution >= 0.6 is 15.9 Å². The molecule has 1 aromatic heterocycles. The van der Waals surface area contributed by atoms with Crippen LogP contribution in [0.4, 0.5) is 0 Å². The van der Waals surface area contributed by atoms with Crippen LogP contribution in [0.3, 0.4) is 0 Å². The first kappa shape index (κ1) is 11.4. The fraction of sp³-hybridized carbons (Fsp3) is 0.444. The van der Waals surface area contributed by atoms with E-state index in [2.05, 4.69) is 20.9 Å². The third-order valence-corrected chi connectivity index (χ3v) is 2.44. The van der Waals surface area contributed by atoms with Gasteiger partial charge in [0.25, 0.3) is 0 Å². The fourth-order valence-corrected chi connectivity index (χ4v) is 1.46. The Morgan fingerprint density at radius 2 is 2.43 bits per heavy atom. The van der Waals surface area contributed by atoms with Gasteiger partial charge in [-0.15, -0.1) is 0 Å². The van der Waals surface area contributed by atoms with Crippen LogP contribution in [0.2, 0.25) is 0 Å². The first-order valence-electron chi connectivity index (χ1n) is 4.26. The van der Waals surface area contributed by atoms with Crippen molar-refractivity contribution in [1.82, 2.24) is 4.98 Å². The number of aliphatic hydroxyl groups excluding tert-OH is 1. The molecule has 0 bridgehead atoms. The monoisotopic (exact) mass is 260 g/mol. The summed E-state index contributed by atoms with van der Waals surface area (Å²) in [6.45, 7) is 0.432. The summed E-state index contributed by atoms with van der Waals surface area (Å²) < 4.78 is 5.85. The lowest BCUT2D eigenvalue weighted by atomic mass is 10.1. The predicted molar refractivity (Wildman–Crippen MR) is 57.1 cm³/mol. The quantitative estimate of drug-likeness (QED) is 0.855. The molecular weight excluding hydrogens is 248 g/mol. The Morgan fingerprint density at radius 3 is 3.00 bits per heavy atom. The summed E-state index contributed by atoms with van der Waals surface area (Å²) in [7, 11) is 1.57. The van der Waals surface area contributed by atoms with Crippen LogP contribution in [0, 0.1) is 0 Å². The maximum absolute atomic E-state index is 9.62. The number of halogens is 1. The minimum Gasteiger partial charge on any atom is -0.495 e. The minimum atomic E-state index is -0.623. The van der Waals surface area contributed by atoms with Gasteiger partial charge < -0.3 is 15.6 Å². The molecule has 78 valence electrons. The van der Waals surface area contributed by atoms with Crippen molar-refractivity contribution in [2.24, 2.45) is 5.73 Å². The third kappa shape index (κ3) is 2.67. The highest BCUT2D eigenvalue weighted by Gasteiger charge is 2.10. The van der Waals surface area contributed by atoms with Gasteiger partial charge in [0.15, 0.2) is 0 Å². The van der Waals surface area contributed by atoms with E-state index in [0.717, 1.165) is 4.47 Å². The molecule has 0 radical (unpaired) electrons. The number of hydrogen-bond acceptors (Lipinski definition) is 4. The molecule has 3 N–H and O–H groups in total. The Hall–Kier alpha value is -0.650. The predicted octanol–water partition coefficient (Wildman–Crippen LogP) is 1.23. The molecule has 1 heterocycles. The Balaban J connectivity index is 2.88. The molecule has 0 spiro atoms. The average molecular weight is 261 g/mol. The zero-order chi connectivity index (χ0) is 10.6. The molecule has 1 atom stereocenters. The summed E-state index contributed by atoms with van der Waals surface area (Å²) in [6, 6.07) is 1.70. The molecule has 0 fully saturated rings. The second-order valence-electron chi connectivity index (χ2n) is 2.84. The lowest BCUT2D eigenvalue weighted by Crippen LogP contribution is -2.08. The van der Waals surface area contributed by atoms with E-state index in [9.17, 15) is 5.11 Å². The van der Waals surface area contributed by atoms with Crippen LogP contribution in [0.15, 0.2) is 16.7 Å². The van der Waals surface area contributed by atoms with E-state index in [1.807, 2.05) is 0 Å². The normalized spacial score (nSPS) is 12.6. The highest BCUT2D eigenvalue weighted by Crippen LogP contribution is 2.26. The minimum absolute atomic E-state index is 0.432. The van der Waals surface area contributed by atoms with Crippen LogP contribution < -0.4 is 10.5 Å². The Labute approximate surface area is 91.2 Å². The van der Waals surface area contributed by atoms with E-state index >= 15 is 0 Å². The van der Waals surface area contributed by atoms with Gasteiger partial charge in [-0.1, -0.05) is 0 Å². The number of methoxy groups -OCH3 is 1.